The molecule has 0 unspecified atom stereocenters. The monoisotopic (exact) mass is 363 g/mol. The predicted molar refractivity (Wildman–Crippen MR) is 102 cm³/mol. The number of furan rings is 1. The normalized spacial score (nSPS) is 10.9. The number of phenols is 1. The smallest absolute Gasteiger partial charge is 0.339 e. The summed E-state index contributed by atoms with van der Waals surface area (Å²) in [7, 11) is 0. The highest BCUT2D eigenvalue weighted by molar-refractivity contribution is 6.03. The third kappa shape index (κ3) is 4.24. The van der Waals surface area contributed by atoms with Gasteiger partial charge in [0.25, 0.3) is 0 Å². The summed E-state index contributed by atoms with van der Waals surface area (Å²) in [4.78, 5) is 23.2. The minimum absolute atomic E-state index is 0.271. The molecule has 136 valence electrons. The Hall–Kier alpha value is -3.80. The predicted octanol–water partition coefficient (Wildman–Crippen LogP) is 4.31. The van der Waals surface area contributed by atoms with Crippen LogP contribution in [0.3, 0.4) is 0 Å². The second kappa shape index (κ2) is 7.61. The molecule has 2 aromatic carbocycles. The van der Waals surface area contributed by atoms with Crippen molar-refractivity contribution in [2.24, 2.45) is 0 Å². The number of amides is 1. The number of aromatic carboxylic acids is 1. The van der Waals surface area contributed by atoms with Gasteiger partial charge in [0.15, 0.2) is 0 Å². The Morgan fingerprint density at radius 1 is 1.07 bits per heavy atom. The van der Waals surface area contributed by atoms with E-state index in [0.29, 0.717) is 17.1 Å². The van der Waals surface area contributed by atoms with Crippen LogP contribution in [0.1, 0.15) is 21.7 Å². The highest BCUT2D eigenvalue weighted by Crippen LogP contribution is 2.27. The Kier molecular flexibility index (Phi) is 5.08. The summed E-state index contributed by atoms with van der Waals surface area (Å²) in [6.45, 7) is 1.56. The lowest BCUT2D eigenvalue weighted by atomic mass is 10.1. The molecule has 1 aromatic heterocycles. The molecule has 6 nitrogen and oxygen atoms in total. The number of nitrogens with one attached hydrogen (secondary N) is 1. The van der Waals surface area contributed by atoms with Crippen molar-refractivity contribution in [3.8, 4) is 17.1 Å². The molecule has 3 N–H and O–H groups in total. The number of hydrogen-bond acceptors (Lipinski definition) is 4. The fourth-order valence-corrected chi connectivity index (χ4v) is 2.56. The zero-order valence-corrected chi connectivity index (χ0v) is 14.5. The van der Waals surface area contributed by atoms with E-state index < -0.39 is 11.9 Å². The van der Waals surface area contributed by atoms with E-state index in [4.69, 9.17) is 9.52 Å². The Balaban J connectivity index is 1.71. The summed E-state index contributed by atoms with van der Waals surface area (Å²) in [6, 6.07) is 15.8. The topological polar surface area (TPSA) is 99.8 Å². The molecule has 0 fully saturated rings. The number of aromatic hydroxyl groups is 1. The second-order valence-corrected chi connectivity index (χ2v) is 5.89. The molecule has 0 aliphatic heterocycles. The first-order valence-electron chi connectivity index (χ1n) is 8.15. The van der Waals surface area contributed by atoms with Crippen molar-refractivity contribution in [3.05, 3.63) is 77.6 Å². The van der Waals surface area contributed by atoms with Gasteiger partial charge in [-0.2, -0.15) is 0 Å². The van der Waals surface area contributed by atoms with Gasteiger partial charge in [0.1, 0.15) is 22.8 Å². The zero-order chi connectivity index (χ0) is 19.4. The summed E-state index contributed by atoms with van der Waals surface area (Å²) in [5, 5.41) is 21.4. The molecule has 0 radical (unpaired) electrons. The number of carboxylic acid groups (broad SMARTS) is 1. The molecule has 1 amide bonds. The van der Waals surface area contributed by atoms with Crippen LogP contribution >= 0.6 is 0 Å². The largest absolute Gasteiger partial charge is 0.507 e. The maximum absolute atomic E-state index is 12.1. The van der Waals surface area contributed by atoms with Crippen LogP contribution in [0.2, 0.25) is 0 Å². The SMILES string of the molecule is Cc1cc(NC(=O)/C=C/c2ccc(-c3ccccc3)o2)cc(C(=O)O)c1O. The molecule has 0 atom stereocenters. The highest BCUT2D eigenvalue weighted by atomic mass is 16.4. The van der Waals surface area contributed by atoms with Gasteiger partial charge in [0.05, 0.1) is 0 Å². The van der Waals surface area contributed by atoms with Gasteiger partial charge in [-0.15, -0.1) is 0 Å². The molecule has 3 rings (SSSR count). The summed E-state index contributed by atoms with van der Waals surface area (Å²) >= 11 is 0. The molecule has 6 heteroatoms. The minimum Gasteiger partial charge on any atom is -0.507 e. The summed E-state index contributed by atoms with van der Waals surface area (Å²) in [6.07, 6.45) is 2.81. The maximum atomic E-state index is 12.1. The number of carbonyl (C=O) groups is 2. The molecule has 27 heavy (non-hydrogen) atoms. The average Bonchev–Trinajstić information content (AvgIpc) is 3.12. The van der Waals surface area contributed by atoms with E-state index in [0.717, 1.165) is 5.56 Å². The number of carboxylic acids is 1. The number of carbonyl (C=O) groups excluding carboxylic acids is 1. The fraction of sp³-hybridized carbons (Fsp3) is 0.0476. The lowest BCUT2D eigenvalue weighted by molar-refractivity contribution is -0.111. The van der Waals surface area contributed by atoms with Gasteiger partial charge in [-0.25, -0.2) is 4.79 Å². The second-order valence-electron chi connectivity index (χ2n) is 5.89. The molecule has 0 aliphatic rings. The Labute approximate surface area is 155 Å². The van der Waals surface area contributed by atoms with Crippen LogP contribution in [0.25, 0.3) is 17.4 Å². The van der Waals surface area contributed by atoms with Crippen molar-refractivity contribution in [2.75, 3.05) is 5.32 Å². The van der Waals surface area contributed by atoms with Crippen molar-refractivity contribution < 1.29 is 24.2 Å². The number of aryl methyl sites for hydroxylation is 1. The van der Waals surface area contributed by atoms with Crippen LogP contribution in [0.5, 0.6) is 5.75 Å². The first-order valence-corrected chi connectivity index (χ1v) is 8.15. The van der Waals surface area contributed by atoms with Crippen LogP contribution in [0.4, 0.5) is 5.69 Å². The van der Waals surface area contributed by atoms with Gasteiger partial charge in [0.2, 0.25) is 5.91 Å². The van der Waals surface area contributed by atoms with E-state index in [-0.39, 0.29) is 17.0 Å². The quantitative estimate of drug-likeness (QED) is 0.463. The van der Waals surface area contributed by atoms with Crippen LogP contribution in [0, 0.1) is 6.92 Å². The summed E-state index contributed by atoms with van der Waals surface area (Å²) in [5.74, 6) is -0.839. The number of rotatable bonds is 5. The Bertz CT molecular complexity index is 1020. The Morgan fingerprint density at radius 3 is 2.52 bits per heavy atom. The lowest BCUT2D eigenvalue weighted by Gasteiger charge is -2.08. The summed E-state index contributed by atoms with van der Waals surface area (Å²) in [5.41, 5.74) is 1.30. The molecule has 0 bridgehead atoms. The van der Waals surface area contributed by atoms with Crippen molar-refractivity contribution in [1.82, 2.24) is 0 Å². The van der Waals surface area contributed by atoms with Crippen molar-refractivity contribution in [3.63, 3.8) is 0 Å². The van der Waals surface area contributed by atoms with Gasteiger partial charge in [-0.3, -0.25) is 4.79 Å². The molecule has 3 aromatic rings. The average molecular weight is 363 g/mol. The minimum atomic E-state index is -1.27. The zero-order valence-electron chi connectivity index (χ0n) is 14.5. The van der Waals surface area contributed by atoms with Crippen LogP contribution < -0.4 is 5.32 Å². The van der Waals surface area contributed by atoms with Gasteiger partial charge >= 0.3 is 5.97 Å². The Morgan fingerprint density at radius 2 is 1.81 bits per heavy atom. The van der Waals surface area contributed by atoms with E-state index in [1.807, 2.05) is 36.4 Å². The third-order valence-corrected chi connectivity index (χ3v) is 3.88. The van der Waals surface area contributed by atoms with Crippen molar-refractivity contribution in [2.45, 2.75) is 6.92 Å². The van der Waals surface area contributed by atoms with Gasteiger partial charge < -0.3 is 19.9 Å². The fourth-order valence-electron chi connectivity index (χ4n) is 2.56. The molecule has 0 saturated heterocycles. The first-order chi connectivity index (χ1) is 12.9. The van der Waals surface area contributed by atoms with Gasteiger partial charge in [0, 0.05) is 17.3 Å². The number of anilines is 1. The molecule has 0 aliphatic carbocycles. The third-order valence-electron chi connectivity index (χ3n) is 3.88. The van der Waals surface area contributed by atoms with Crippen molar-refractivity contribution in [1.29, 1.82) is 0 Å². The maximum Gasteiger partial charge on any atom is 0.339 e. The van der Waals surface area contributed by atoms with E-state index in [1.165, 1.54) is 24.3 Å². The van der Waals surface area contributed by atoms with E-state index in [1.54, 1.807) is 13.0 Å². The van der Waals surface area contributed by atoms with E-state index in [2.05, 4.69) is 5.32 Å². The lowest BCUT2D eigenvalue weighted by Crippen LogP contribution is -2.09. The molecular formula is C21H17NO5. The highest BCUT2D eigenvalue weighted by Gasteiger charge is 2.14. The molecule has 1 heterocycles. The van der Waals surface area contributed by atoms with Crippen molar-refractivity contribution >= 4 is 23.6 Å². The first kappa shape index (κ1) is 18.0. The van der Waals surface area contributed by atoms with E-state index >= 15 is 0 Å². The molecule has 0 saturated carbocycles. The van der Waals surface area contributed by atoms with Gasteiger partial charge in [-0.1, -0.05) is 30.3 Å². The van der Waals surface area contributed by atoms with Crippen LogP contribution in [-0.2, 0) is 4.79 Å². The van der Waals surface area contributed by atoms with E-state index in [9.17, 15) is 14.7 Å². The molecular weight excluding hydrogens is 346 g/mol. The van der Waals surface area contributed by atoms with Crippen LogP contribution in [-0.4, -0.2) is 22.1 Å². The standard InChI is InChI=1S/C21H17NO5/c1-13-11-15(12-17(20(13)24)21(25)26)22-19(23)10-8-16-7-9-18(27-16)14-5-3-2-4-6-14/h2-12,24H,1H3,(H,22,23)(H,25,26)/b10-8+. The van der Waals surface area contributed by atoms with Crippen LogP contribution in [0.15, 0.2) is 65.1 Å². The number of benzene rings is 2. The number of hydrogen-bond donors (Lipinski definition) is 3. The molecule has 0 spiro atoms. The summed E-state index contributed by atoms with van der Waals surface area (Å²) < 4.78 is 5.68. The van der Waals surface area contributed by atoms with Gasteiger partial charge in [-0.05, 0) is 42.8 Å².